The van der Waals surface area contributed by atoms with Crippen LogP contribution in [0.4, 0.5) is 15.0 Å². The highest BCUT2D eigenvalue weighted by atomic mass is 35.5. The summed E-state index contributed by atoms with van der Waals surface area (Å²) in [5, 5.41) is -0.242. The summed E-state index contributed by atoms with van der Waals surface area (Å²) in [6, 6.07) is -0.416. The van der Waals surface area contributed by atoms with Gasteiger partial charge in [-0.3, -0.25) is 4.98 Å². The van der Waals surface area contributed by atoms with Crippen LogP contribution in [-0.2, 0) is 4.74 Å². The molecule has 2 aliphatic heterocycles. The Hall–Kier alpha value is -3.54. The molecule has 1 fully saturated rings. The van der Waals surface area contributed by atoms with Crippen LogP contribution in [-0.4, -0.2) is 73.4 Å². The number of amides is 1. The van der Waals surface area contributed by atoms with Gasteiger partial charge in [0.2, 0.25) is 5.82 Å². The van der Waals surface area contributed by atoms with Crippen LogP contribution in [0, 0.1) is 5.82 Å². The number of anilines is 1. The van der Waals surface area contributed by atoms with Gasteiger partial charge in [-0.05, 0) is 26.7 Å². The number of aromatic nitrogens is 5. The van der Waals surface area contributed by atoms with Crippen molar-refractivity contribution in [2.24, 2.45) is 0 Å². The number of rotatable bonds is 2. The van der Waals surface area contributed by atoms with Crippen LogP contribution < -0.4 is 15.3 Å². The van der Waals surface area contributed by atoms with Crippen molar-refractivity contribution in [2.45, 2.75) is 52.2 Å². The number of pyridine rings is 1. The average Bonchev–Trinajstić information content (AvgIpc) is 2.98. The number of piperazine rings is 1. The fraction of sp³-hybridized carbons (Fsp3) is 0.500. The van der Waals surface area contributed by atoms with E-state index in [4.69, 9.17) is 21.1 Å². The molecule has 0 N–H and O–H groups in total. The molecule has 3 aromatic rings. The number of hydrogen-bond acceptors (Lipinski definition) is 9. The zero-order valence-electron chi connectivity index (χ0n) is 21.2. The quantitative estimate of drug-likeness (QED) is 0.459. The Morgan fingerprint density at radius 3 is 2.62 bits per heavy atom. The third-order valence-corrected chi connectivity index (χ3v) is 6.41. The number of halogens is 2. The summed E-state index contributed by atoms with van der Waals surface area (Å²) < 4.78 is 27.9. The maximum Gasteiger partial charge on any atom is 0.410 e. The number of fused-ring (bicyclic) bond motifs is 2. The SMILES string of the molecule is CC(C)c1nccnc1-n1c(=O)nc2c3c(c(F)c(Cl)nc31)OC[C@H]1CN(C(=O)OC(C)(C)C)CCN21. The van der Waals surface area contributed by atoms with Crippen molar-refractivity contribution < 1.29 is 18.7 Å². The molecule has 3 aromatic heterocycles. The van der Waals surface area contributed by atoms with Gasteiger partial charge in [-0.25, -0.2) is 24.1 Å². The average molecular weight is 532 g/mol. The maximum absolute atomic E-state index is 15.3. The van der Waals surface area contributed by atoms with Gasteiger partial charge in [0.05, 0.1) is 11.7 Å². The highest BCUT2D eigenvalue weighted by molar-refractivity contribution is 6.30. The first-order chi connectivity index (χ1) is 17.5. The lowest BCUT2D eigenvalue weighted by atomic mass is 10.1. The van der Waals surface area contributed by atoms with Gasteiger partial charge in [-0.2, -0.15) is 9.37 Å². The van der Waals surface area contributed by atoms with Crippen molar-refractivity contribution in [1.82, 2.24) is 29.4 Å². The highest BCUT2D eigenvalue weighted by Crippen LogP contribution is 2.40. The van der Waals surface area contributed by atoms with Gasteiger partial charge in [-0.1, -0.05) is 25.4 Å². The van der Waals surface area contributed by atoms with E-state index in [1.807, 2.05) is 18.7 Å². The predicted octanol–water partition coefficient (Wildman–Crippen LogP) is 3.30. The van der Waals surface area contributed by atoms with E-state index < -0.39 is 34.4 Å². The molecule has 0 aliphatic carbocycles. The van der Waals surface area contributed by atoms with E-state index in [1.165, 1.54) is 17.0 Å². The van der Waals surface area contributed by atoms with E-state index in [9.17, 15) is 9.59 Å². The third-order valence-electron chi connectivity index (χ3n) is 6.15. The Morgan fingerprint density at radius 1 is 1.19 bits per heavy atom. The summed E-state index contributed by atoms with van der Waals surface area (Å²) in [6.45, 7) is 10.1. The molecule has 1 atom stereocenters. The van der Waals surface area contributed by atoms with E-state index in [2.05, 4.69) is 19.9 Å². The fourth-order valence-corrected chi connectivity index (χ4v) is 4.72. The van der Waals surface area contributed by atoms with Crippen molar-refractivity contribution in [2.75, 3.05) is 31.1 Å². The number of nitrogens with zero attached hydrogens (tertiary/aromatic N) is 7. The first kappa shape index (κ1) is 25.1. The molecule has 1 amide bonds. The normalized spacial score (nSPS) is 17.5. The minimum Gasteiger partial charge on any atom is -0.487 e. The second-order valence-electron chi connectivity index (χ2n) is 10.3. The number of carbonyl (C=O) groups is 1. The van der Waals surface area contributed by atoms with E-state index in [0.717, 1.165) is 0 Å². The molecule has 196 valence electrons. The van der Waals surface area contributed by atoms with Gasteiger partial charge in [0.25, 0.3) is 0 Å². The second-order valence-corrected chi connectivity index (χ2v) is 10.7. The Kier molecular flexibility index (Phi) is 6.17. The largest absolute Gasteiger partial charge is 0.487 e. The molecule has 0 aromatic carbocycles. The van der Waals surface area contributed by atoms with Crippen LogP contribution >= 0.6 is 11.6 Å². The lowest BCUT2D eigenvalue weighted by Crippen LogP contribution is -2.57. The van der Waals surface area contributed by atoms with Crippen molar-refractivity contribution in [3.63, 3.8) is 0 Å². The molecule has 2 aliphatic rings. The monoisotopic (exact) mass is 531 g/mol. The van der Waals surface area contributed by atoms with Gasteiger partial charge in [0.15, 0.2) is 22.4 Å². The highest BCUT2D eigenvalue weighted by Gasteiger charge is 2.38. The first-order valence-electron chi connectivity index (χ1n) is 12.0. The summed E-state index contributed by atoms with van der Waals surface area (Å²) in [5.41, 5.74) is -0.706. The van der Waals surface area contributed by atoms with Crippen molar-refractivity contribution in [3.8, 4) is 11.6 Å². The second kappa shape index (κ2) is 9.09. The minimum absolute atomic E-state index is 0.0264. The number of ether oxygens (including phenoxy) is 2. The van der Waals surface area contributed by atoms with Gasteiger partial charge in [-0.15, -0.1) is 0 Å². The standard InChI is InChI=1S/C24H27ClFN7O4/c1-12(2)16-21(28-7-6-27-16)33-20-14-17(15(26)18(25)29-20)36-11-13-10-31(23(35)37-24(3,4)5)8-9-32(13)19(14)30-22(33)34/h6-7,12-13H,8-11H2,1-5H3/t13-/m1/s1. The smallest absolute Gasteiger partial charge is 0.410 e. The first-order valence-corrected chi connectivity index (χ1v) is 12.3. The zero-order chi connectivity index (χ0) is 26.6. The molecule has 5 rings (SSSR count). The summed E-state index contributed by atoms with van der Waals surface area (Å²) in [6.07, 6.45) is 2.54. The maximum atomic E-state index is 15.3. The van der Waals surface area contributed by atoms with Gasteiger partial charge >= 0.3 is 11.8 Å². The van der Waals surface area contributed by atoms with E-state index in [1.54, 1.807) is 25.7 Å². The van der Waals surface area contributed by atoms with Crippen molar-refractivity contribution >= 4 is 34.5 Å². The van der Waals surface area contributed by atoms with Crippen LogP contribution in [0.2, 0.25) is 5.15 Å². The topological polar surface area (TPSA) is 116 Å². The molecule has 13 heteroatoms. The molecule has 5 heterocycles. The summed E-state index contributed by atoms with van der Waals surface area (Å²) >= 11 is 6.17. The lowest BCUT2D eigenvalue weighted by Gasteiger charge is -2.41. The molecule has 37 heavy (non-hydrogen) atoms. The summed E-state index contributed by atoms with van der Waals surface area (Å²) in [7, 11) is 0. The van der Waals surface area contributed by atoms with Crippen LogP contribution in [0.15, 0.2) is 17.2 Å². The molecular formula is C24H27ClFN7O4. The minimum atomic E-state index is -0.852. The van der Waals surface area contributed by atoms with Gasteiger partial charge in [0.1, 0.15) is 23.4 Å². The van der Waals surface area contributed by atoms with Crippen LogP contribution in [0.1, 0.15) is 46.2 Å². The molecule has 0 spiro atoms. The van der Waals surface area contributed by atoms with E-state index in [0.29, 0.717) is 18.8 Å². The molecular weight excluding hydrogens is 505 g/mol. The Balaban J connectivity index is 1.66. The van der Waals surface area contributed by atoms with Crippen LogP contribution in [0.3, 0.4) is 0 Å². The van der Waals surface area contributed by atoms with E-state index >= 15 is 4.39 Å². The Labute approximate surface area is 217 Å². The van der Waals surface area contributed by atoms with Crippen LogP contribution in [0.5, 0.6) is 5.75 Å². The molecule has 0 bridgehead atoms. The van der Waals surface area contributed by atoms with Crippen molar-refractivity contribution in [3.05, 3.63) is 39.5 Å². The Morgan fingerprint density at radius 2 is 1.92 bits per heavy atom. The van der Waals surface area contributed by atoms with Crippen LogP contribution in [0.25, 0.3) is 16.9 Å². The molecule has 0 unspecified atom stereocenters. The lowest BCUT2D eigenvalue weighted by molar-refractivity contribution is 0.0201. The zero-order valence-corrected chi connectivity index (χ0v) is 21.9. The molecule has 0 saturated carbocycles. The molecule has 11 nitrogen and oxygen atoms in total. The Bertz CT molecular complexity index is 1460. The molecule has 0 radical (unpaired) electrons. The number of hydrogen-bond donors (Lipinski definition) is 0. The summed E-state index contributed by atoms with van der Waals surface area (Å²) in [4.78, 5) is 46.9. The van der Waals surface area contributed by atoms with E-state index in [-0.39, 0.29) is 47.5 Å². The van der Waals surface area contributed by atoms with Crippen molar-refractivity contribution in [1.29, 1.82) is 0 Å². The predicted molar refractivity (Wildman–Crippen MR) is 134 cm³/mol. The molecule has 1 saturated heterocycles. The summed E-state index contributed by atoms with van der Waals surface area (Å²) in [5.74, 6) is -0.624. The van der Waals surface area contributed by atoms with Gasteiger partial charge < -0.3 is 19.3 Å². The fourth-order valence-electron chi connectivity index (χ4n) is 4.56. The number of carbonyl (C=O) groups excluding carboxylic acids is 1. The third kappa shape index (κ3) is 4.43. The van der Waals surface area contributed by atoms with Gasteiger partial charge in [0, 0.05) is 32.0 Å².